The number of benzene rings is 2. The third kappa shape index (κ3) is 5.23. The Morgan fingerprint density at radius 3 is 2.58 bits per heavy atom. The molecule has 0 aliphatic carbocycles. The summed E-state index contributed by atoms with van der Waals surface area (Å²) in [4.78, 5) is 2.05. The molecule has 1 fully saturated rings. The standard InChI is InChI=1S/C23H24ClN5O3.ClH/c1-32-20-5-3-16(11-19(20)24)13-26-21-18-10-15(12-25)2-4-17(18)22(28-27-21)29-8-6-23(31,14-30)7-9-29;/h2-5,10-11,30-31H,6-9,13-14H2,1H3,(H,26,27);1H. The summed E-state index contributed by atoms with van der Waals surface area (Å²) in [6, 6.07) is 13.2. The van der Waals surface area contributed by atoms with Crippen LogP contribution >= 0.6 is 24.0 Å². The van der Waals surface area contributed by atoms with Crippen molar-refractivity contribution in [2.45, 2.75) is 25.0 Å². The third-order valence-corrected chi connectivity index (χ3v) is 6.15. The highest BCUT2D eigenvalue weighted by molar-refractivity contribution is 6.32. The second-order valence-electron chi connectivity index (χ2n) is 7.94. The quantitative estimate of drug-likeness (QED) is 0.481. The summed E-state index contributed by atoms with van der Waals surface area (Å²) >= 11 is 6.23. The van der Waals surface area contributed by atoms with Gasteiger partial charge in [-0.15, -0.1) is 22.6 Å². The van der Waals surface area contributed by atoms with Gasteiger partial charge >= 0.3 is 0 Å². The number of methoxy groups -OCH3 is 1. The average Bonchev–Trinajstić information content (AvgIpc) is 2.83. The molecule has 2 aromatic carbocycles. The number of fused-ring (bicyclic) bond motifs is 1. The van der Waals surface area contributed by atoms with Crippen LogP contribution in [0.5, 0.6) is 5.75 Å². The first-order valence-corrected chi connectivity index (χ1v) is 10.7. The van der Waals surface area contributed by atoms with Crippen molar-refractivity contribution < 1.29 is 14.9 Å². The molecule has 0 radical (unpaired) electrons. The number of nitriles is 1. The number of aliphatic hydroxyl groups is 2. The van der Waals surface area contributed by atoms with Gasteiger partial charge in [0, 0.05) is 30.4 Å². The Morgan fingerprint density at radius 2 is 1.94 bits per heavy atom. The molecule has 2 heterocycles. The predicted octanol–water partition coefficient (Wildman–Crippen LogP) is 3.52. The molecule has 0 saturated carbocycles. The van der Waals surface area contributed by atoms with Gasteiger partial charge in [-0.2, -0.15) is 5.26 Å². The molecule has 0 spiro atoms. The summed E-state index contributed by atoms with van der Waals surface area (Å²) in [6.07, 6.45) is 0.891. The fourth-order valence-electron chi connectivity index (χ4n) is 3.87. The third-order valence-electron chi connectivity index (χ3n) is 5.85. The van der Waals surface area contributed by atoms with Gasteiger partial charge in [-0.3, -0.25) is 0 Å². The normalized spacial score (nSPS) is 14.9. The van der Waals surface area contributed by atoms with E-state index in [2.05, 4.69) is 26.5 Å². The van der Waals surface area contributed by atoms with Gasteiger partial charge in [0.15, 0.2) is 11.6 Å². The zero-order valence-electron chi connectivity index (χ0n) is 18.1. The predicted molar refractivity (Wildman–Crippen MR) is 130 cm³/mol. The van der Waals surface area contributed by atoms with E-state index in [1.165, 1.54) is 0 Å². The maximum atomic E-state index is 10.3. The van der Waals surface area contributed by atoms with Crippen LogP contribution in [0, 0.1) is 11.3 Å². The number of piperidine rings is 1. The number of nitrogens with one attached hydrogen (secondary N) is 1. The van der Waals surface area contributed by atoms with Crippen LogP contribution in [0.25, 0.3) is 10.8 Å². The maximum Gasteiger partial charge on any atom is 0.159 e. The van der Waals surface area contributed by atoms with Crippen LogP contribution in [0.3, 0.4) is 0 Å². The van der Waals surface area contributed by atoms with Crippen molar-refractivity contribution >= 4 is 46.4 Å². The van der Waals surface area contributed by atoms with Crippen molar-refractivity contribution in [2.75, 3.05) is 37.0 Å². The van der Waals surface area contributed by atoms with Crippen LogP contribution in [-0.2, 0) is 6.54 Å². The van der Waals surface area contributed by atoms with Gasteiger partial charge in [-0.1, -0.05) is 17.7 Å². The Labute approximate surface area is 203 Å². The van der Waals surface area contributed by atoms with Crippen LogP contribution in [0.4, 0.5) is 11.6 Å². The van der Waals surface area contributed by atoms with E-state index in [1.807, 2.05) is 24.3 Å². The molecule has 33 heavy (non-hydrogen) atoms. The Morgan fingerprint density at radius 1 is 1.18 bits per heavy atom. The molecule has 174 valence electrons. The number of anilines is 2. The Hall–Kier alpha value is -2.83. The van der Waals surface area contributed by atoms with Gasteiger partial charge in [-0.05, 0) is 48.7 Å². The molecule has 3 aromatic rings. The lowest BCUT2D eigenvalue weighted by molar-refractivity contribution is -0.0326. The van der Waals surface area contributed by atoms with E-state index in [4.69, 9.17) is 16.3 Å². The topological polar surface area (TPSA) is 115 Å². The first-order valence-electron chi connectivity index (χ1n) is 10.3. The molecular weight excluding hydrogens is 465 g/mol. The van der Waals surface area contributed by atoms with Gasteiger partial charge in [0.1, 0.15) is 5.75 Å². The summed E-state index contributed by atoms with van der Waals surface area (Å²) in [5.41, 5.74) is 0.431. The van der Waals surface area contributed by atoms with Crippen LogP contribution in [-0.4, -0.2) is 52.8 Å². The maximum absolute atomic E-state index is 10.3. The molecular formula is C23H25Cl2N5O3. The molecule has 0 unspecified atom stereocenters. The van der Waals surface area contributed by atoms with E-state index >= 15 is 0 Å². The highest BCUT2D eigenvalue weighted by Crippen LogP contribution is 2.33. The largest absolute Gasteiger partial charge is 0.495 e. The van der Waals surface area contributed by atoms with Gasteiger partial charge in [0.25, 0.3) is 0 Å². The summed E-state index contributed by atoms with van der Waals surface area (Å²) in [5, 5.41) is 43.5. The van der Waals surface area contributed by atoms with Crippen LogP contribution in [0.1, 0.15) is 24.0 Å². The number of ether oxygens (including phenoxy) is 1. The second kappa shape index (κ2) is 10.4. The highest BCUT2D eigenvalue weighted by atomic mass is 35.5. The zero-order valence-corrected chi connectivity index (χ0v) is 19.7. The summed E-state index contributed by atoms with van der Waals surface area (Å²) in [5.74, 6) is 1.87. The summed E-state index contributed by atoms with van der Waals surface area (Å²) in [7, 11) is 1.57. The van der Waals surface area contributed by atoms with Gasteiger partial charge < -0.3 is 25.2 Å². The minimum absolute atomic E-state index is 0. The van der Waals surface area contributed by atoms with E-state index in [0.29, 0.717) is 60.4 Å². The Balaban J connectivity index is 0.00000306. The smallest absolute Gasteiger partial charge is 0.159 e. The lowest BCUT2D eigenvalue weighted by Crippen LogP contribution is -2.47. The number of hydrogen-bond acceptors (Lipinski definition) is 8. The fourth-order valence-corrected chi connectivity index (χ4v) is 4.15. The van der Waals surface area contributed by atoms with Gasteiger partial charge in [0.2, 0.25) is 0 Å². The SMILES string of the molecule is COc1ccc(CNc2nnc(N3CCC(O)(CO)CC3)c3ccc(C#N)cc23)cc1Cl.Cl. The molecule has 8 nitrogen and oxygen atoms in total. The zero-order chi connectivity index (χ0) is 22.7. The molecule has 0 amide bonds. The number of rotatable bonds is 6. The van der Waals surface area contributed by atoms with Crippen LogP contribution in [0.2, 0.25) is 5.02 Å². The summed E-state index contributed by atoms with van der Waals surface area (Å²) in [6.45, 7) is 1.32. The van der Waals surface area contributed by atoms with Crippen molar-refractivity contribution in [3.05, 3.63) is 52.5 Å². The van der Waals surface area contributed by atoms with E-state index < -0.39 is 5.60 Å². The number of halogens is 2. The highest BCUT2D eigenvalue weighted by Gasteiger charge is 2.32. The molecule has 1 aromatic heterocycles. The number of aromatic nitrogens is 2. The van der Waals surface area contributed by atoms with E-state index in [1.54, 1.807) is 19.2 Å². The van der Waals surface area contributed by atoms with E-state index in [-0.39, 0.29) is 19.0 Å². The van der Waals surface area contributed by atoms with E-state index in [9.17, 15) is 15.5 Å². The fraction of sp³-hybridized carbons (Fsp3) is 0.348. The first kappa shape index (κ1) is 24.8. The molecule has 1 aliphatic heterocycles. The average molecular weight is 490 g/mol. The Kier molecular flexibility index (Phi) is 7.82. The van der Waals surface area contributed by atoms with Crippen LogP contribution in [0.15, 0.2) is 36.4 Å². The Bertz CT molecular complexity index is 1180. The van der Waals surface area contributed by atoms with Gasteiger partial charge in [-0.25, -0.2) is 0 Å². The van der Waals surface area contributed by atoms with Crippen molar-refractivity contribution in [3.63, 3.8) is 0 Å². The van der Waals surface area contributed by atoms with Gasteiger partial charge in [0.05, 0.1) is 36.0 Å². The minimum atomic E-state index is -1.05. The molecule has 0 atom stereocenters. The van der Waals surface area contributed by atoms with Crippen molar-refractivity contribution in [3.8, 4) is 11.8 Å². The lowest BCUT2D eigenvalue weighted by Gasteiger charge is -2.37. The van der Waals surface area contributed by atoms with Crippen molar-refractivity contribution in [1.82, 2.24) is 10.2 Å². The second-order valence-corrected chi connectivity index (χ2v) is 8.34. The number of hydrogen-bond donors (Lipinski definition) is 3. The number of aliphatic hydroxyl groups excluding tert-OH is 1. The van der Waals surface area contributed by atoms with Crippen molar-refractivity contribution in [1.29, 1.82) is 5.26 Å². The van der Waals surface area contributed by atoms with Crippen LogP contribution < -0.4 is 15.0 Å². The summed E-state index contributed by atoms with van der Waals surface area (Å²) < 4.78 is 5.20. The molecule has 10 heteroatoms. The minimum Gasteiger partial charge on any atom is -0.495 e. The molecule has 0 bridgehead atoms. The molecule has 1 aliphatic rings. The first-order chi connectivity index (χ1) is 15.5. The van der Waals surface area contributed by atoms with Crippen molar-refractivity contribution in [2.24, 2.45) is 0 Å². The molecule has 3 N–H and O–H groups in total. The lowest BCUT2D eigenvalue weighted by atomic mass is 9.92. The molecule has 1 saturated heterocycles. The van der Waals surface area contributed by atoms with E-state index in [0.717, 1.165) is 16.3 Å². The number of nitrogens with zero attached hydrogens (tertiary/aromatic N) is 4. The monoisotopic (exact) mass is 489 g/mol. The molecule has 4 rings (SSSR count).